The van der Waals surface area contributed by atoms with Crippen LogP contribution in [0.5, 0.6) is 11.5 Å². The normalized spacial score (nSPS) is 12.8. The van der Waals surface area contributed by atoms with Crippen molar-refractivity contribution in [1.82, 2.24) is 0 Å². The monoisotopic (exact) mass is 1110 g/mol. The summed E-state index contributed by atoms with van der Waals surface area (Å²) < 4.78 is 150. The number of benzene rings is 6. The van der Waals surface area contributed by atoms with E-state index in [1.54, 1.807) is 0 Å². The summed E-state index contributed by atoms with van der Waals surface area (Å²) in [6.45, 7) is 0. The first-order valence-electron chi connectivity index (χ1n) is 17.5. The molecule has 0 aliphatic carbocycles. The van der Waals surface area contributed by atoms with Gasteiger partial charge in [-0.3, -0.25) is 38.4 Å². The number of rotatable bonds is 18. The predicted molar refractivity (Wildman–Crippen MR) is 235 cm³/mol. The fourth-order valence-corrected chi connectivity index (χ4v) is 9.83. The Hall–Kier alpha value is -7.06. The van der Waals surface area contributed by atoms with Gasteiger partial charge in [0.15, 0.2) is 11.5 Å². The van der Waals surface area contributed by atoms with Crippen molar-refractivity contribution >= 4 is 137 Å². The molecule has 0 saturated heterocycles. The number of nitrogens with two attached hydrogens (primary N) is 1. The van der Waals surface area contributed by atoms with Gasteiger partial charge >= 0.3 is 0 Å². The number of hydrogen-bond acceptors (Lipinski definition) is 29. The van der Waals surface area contributed by atoms with Gasteiger partial charge < -0.3 is 15.9 Å². The van der Waals surface area contributed by atoms with E-state index in [4.69, 9.17) is 16.2 Å². The van der Waals surface area contributed by atoms with E-state index in [9.17, 15) is 82.3 Å². The first-order valence-corrected chi connectivity index (χ1v) is 24.8. The van der Waals surface area contributed by atoms with Gasteiger partial charge in [0, 0.05) is 35.0 Å². The molecule has 0 unspecified atom stereocenters. The highest BCUT2D eigenvalue weighted by molar-refractivity contribution is 7.95. The van der Waals surface area contributed by atoms with Crippen molar-refractivity contribution in [3.8, 4) is 11.5 Å². The van der Waals surface area contributed by atoms with Crippen molar-refractivity contribution in [2.24, 2.45) is 30.7 Å². The Kier molecular flexibility index (Phi) is 15.3. The lowest BCUT2D eigenvalue weighted by molar-refractivity contribution is -0.432. The second-order valence-corrected chi connectivity index (χ2v) is 20.2. The zero-order valence-electron chi connectivity index (χ0n) is 33.6. The Bertz CT molecular complexity index is 3800. The van der Waals surface area contributed by atoms with Crippen LogP contribution in [0.3, 0.4) is 0 Å². The highest BCUT2D eigenvalue weighted by Crippen LogP contribution is 2.51. The standard InChI is InChI=1S/C32H21N9O24S6/c33-26-25-12(7-21(67-65-63-49)27(31(25)43)37-35-18-5-2-14(41(46)47)10-22(18)68(50,51)52)8-23(69(53,54)55)28(26)38-36-19-6-3-15-16(32(19)71(59,60)61)11-24(70(56,57)58)29(30(15)42)39-34-17-4-1-13(40(44)45)9-20(17)66-64-62-48/h1-11,42-43,48-49H,33H2,(H,50,51,52)(H,53,54,55)(H,56,57,58)(H,59,60,61). The Morgan fingerprint density at radius 2 is 1.01 bits per heavy atom. The first-order chi connectivity index (χ1) is 33.1. The van der Waals surface area contributed by atoms with Gasteiger partial charge in [-0.2, -0.15) is 33.7 Å². The van der Waals surface area contributed by atoms with Crippen molar-refractivity contribution in [2.45, 2.75) is 29.4 Å². The van der Waals surface area contributed by atoms with E-state index in [2.05, 4.69) is 49.4 Å². The Morgan fingerprint density at radius 3 is 1.58 bits per heavy atom. The van der Waals surface area contributed by atoms with Gasteiger partial charge in [0.2, 0.25) is 0 Å². The molecule has 0 bridgehead atoms. The Balaban J connectivity index is 1.57. The summed E-state index contributed by atoms with van der Waals surface area (Å²) in [7, 11) is -22.0. The molecule has 0 fully saturated rings. The van der Waals surface area contributed by atoms with Gasteiger partial charge in [0.05, 0.1) is 54.8 Å². The number of non-ortho nitro benzene ring substituents is 2. The van der Waals surface area contributed by atoms with Crippen LogP contribution >= 0.6 is 24.1 Å². The second kappa shape index (κ2) is 20.3. The lowest BCUT2D eigenvalue weighted by Crippen LogP contribution is -2.03. The number of nitrogens with zero attached hydrogens (tertiary/aromatic N) is 8. The molecule has 0 aromatic heterocycles. The zero-order valence-corrected chi connectivity index (χ0v) is 38.5. The van der Waals surface area contributed by atoms with Gasteiger partial charge in [-0.25, -0.2) is 10.5 Å². The predicted octanol–water partition coefficient (Wildman–Crippen LogP) is 7.89. The minimum atomic E-state index is -5.68. The number of azo groups is 3. The van der Waals surface area contributed by atoms with Crippen molar-refractivity contribution in [3.05, 3.63) is 87.0 Å². The Morgan fingerprint density at radius 1 is 0.521 bits per heavy atom. The molecule has 0 amide bonds. The maximum absolute atomic E-state index is 13.0. The summed E-state index contributed by atoms with van der Waals surface area (Å²) in [4.78, 5) is 14.7. The summed E-state index contributed by atoms with van der Waals surface area (Å²) in [6.07, 6.45) is 0. The summed E-state index contributed by atoms with van der Waals surface area (Å²) >= 11 is 0.179. The lowest BCUT2D eigenvalue weighted by Gasteiger charge is -2.14. The van der Waals surface area contributed by atoms with Crippen LogP contribution in [0.25, 0.3) is 21.5 Å². The van der Waals surface area contributed by atoms with E-state index in [-0.39, 0.29) is 34.7 Å². The zero-order chi connectivity index (χ0) is 52.5. The highest BCUT2D eigenvalue weighted by atomic mass is 32.2. The molecule has 0 atom stereocenters. The van der Waals surface area contributed by atoms with Crippen molar-refractivity contribution in [2.75, 3.05) is 5.73 Å². The quantitative estimate of drug-likeness (QED) is 0.00750. The SMILES string of the molecule is Nc1c(N=Nc2ccc3c(O)c(N=Nc4ccc([N+](=O)[O-])cc4SOOO)c(S(=O)(=O)O)cc3c2S(=O)(=O)O)c(S(=O)(=O)O)cc2cc(SOOO)c(N=Nc3ccc([N+](=O)[O-])cc3S(=O)(=O)O)c(O)c12. The molecule has 6 rings (SSSR count). The van der Waals surface area contributed by atoms with Crippen LogP contribution in [0.2, 0.25) is 0 Å². The fraction of sp³-hybridized carbons (Fsp3) is 0. The number of hydrogen-bond donors (Lipinski definition) is 9. The van der Waals surface area contributed by atoms with E-state index in [0.29, 0.717) is 24.3 Å². The molecule has 0 aliphatic heterocycles. The average molecular weight is 1110 g/mol. The summed E-state index contributed by atoms with van der Waals surface area (Å²) in [5.41, 5.74) is -1.21. The number of anilines is 1. The summed E-state index contributed by atoms with van der Waals surface area (Å²) in [6, 6.07) is 7.92. The third kappa shape index (κ3) is 11.4. The summed E-state index contributed by atoms with van der Waals surface area (Å²) in [5, 5.41) is 88.9. The maximum atomic E-state index is 13.0. The van der Waals surface area contributed by atoms with Gasteiger partial charge in [-0.15, -0.1) is 39.4 Å². The molecule has 6 aromatic carbocycles. The number of phenols is 2. The number of nitrogen functional groups attached to an aromatic ring is 1. The van der Waals surface area contributed by atoms with Crippen molar-refractivity contribution < 1.29 is 101 Å². The molecule has 0 aliphatic rings. The van der Waals surface area contributed by atoms with Gasteiger partial charge in [-0.05, 0) is 47.9 Å². The van der Waals surface area contributed by atoms with Crippen LogP contribution in [0.1, 0.15) is 0 Å². The van der Waals surface area contributed by atoms with Gasteiger partial charge in [0.1, 0.15) is 53.7 Å². The average Bonchev–Trinajstić information content (AvgIpc) is 3.27. The smallest absolute Gasteiger partial charge is 0.297 e. The third-order valence-electron chi connectivity index (χ3n) is 8.96. The largest absolute Gasteiger partial charge is 0.505 e. The molecule has 0 heterocycles. The van der Waals surface area contributed by atoms with Crippen LogP contribution < -0.4 is 5.73 Å². The van der Waals surface area contributed by atoms with Crippen molar-refractivity contribution in [1.29, 1.82) is 0 Å². The molecule has 0 saturated carbocycles. The van der Waals surface area contributed by atoms with Gasteiger partial charge in [-0.1, -0.05) is 10.1 Å². The number of nitro benzene ring substituents is 2. The fourth-order valence-electron chi connectivity index (χ4n) is 6.08. The first kappa shape index (κ1) is 53.3. The molecule has 71 heavy (non-hydrogen) atoms. The number of fused-ring (bicyclic) bond motifs is 2. The van der Waals surface area contributed by atoms with E-state index < -0.39 is 153 Å². The molecular formula is C32H21N9O24S6. The molecule has 10 N–H and O–H groups in total. The second-order valence-electron chi connectivity index (χ2n) is 13.2. The molecule has 0 radical (unpaired) electrons. The third-order valence-corrected chi connectivity index (χ3v) is 13.8. The maximum Gasteiger partial charge on any atom is 0.297 e. The van der Waals surface area contributed by atoms with Crippen molar-refractivity contribution in [3.63, 3.8) is 0 Å². The lowest BCUT2D eigenvalue weighted by atomic mass is 10.1. The molecule has 39 heteroatoms. The number of phenolic OH excluding ortho intramolecular Hbond substituents is 2. The van der Waals surface area contributed by atoms with Gasteiger partial charge in [0.25, 0.3) is 51.8 Å². The topological polar surface area (TPSA) is 522 Å². The molecule has 6 aromatic rings. The molecule has 0 spiro atoms. The minimum absolute atomic E-state index is 0.0351. The van der Waals surface area contributed by atoms with Crippen LogP contribution in [-0.2, 0) is 59.2 Å². The van der Waals surface area contributed by atoms with E-state index in [0.717, 1.165) is 42.5 Å². The Labute approximate surface area is 400 Å². The van der Waals surface area contributed by atoms with E-state index in [1.807, 2.05) is 0 Å². The molecule has 374 valence electrons. The number of aromatic hydroxyl groups is 2. The molecular weight excluding hydrogens is 1090 g/mol. The van der Waals surface area contributed by atoms with E-state index >= 15 is 0 Å². The van der Waals surface area contributed by atoms with Crippen LogP contribution in [0, 0.1) is 20.2 Å². The highest BCUT2D eigenvalue weighted by Gasteiger charge is 2.30. The minimum Gasteiger partial charge on any atom is -0.505 e. The molecule has 33 nitrogen and oxygen atoms in total. The number of nitro groups is 2. The van der Waals surface area contributed by atoms with Crippen LogP contribution in [0.4, 0.5) is 51.2 Å². The van der Waals surface area contributed by atoms with E-state index in [1.165, 1.54) is 0 Å². The van der Waals surface area contributed by atoms with Crippen LogP contribution in [0.15, 0.2) is 127 Å². The summed E-state index contributed by atoms with van der Waals surface area (Å²) in [5.74, 6) is -2.38. The van der Waals surface area contributed by atoms with Crippen LogP contribution in [-0.4, -0.2) is 82.5 Å².